The molecule has 3 nitrogen and oxygen atoms in total. The first-order valence-corrected chi connectivity index (χ1v) is 15.1. The number of para-hydroxylation sites is 4. The zero-order valence-corrected chi connectivity index (χ0v) is 24.8. The van der Waals surface area contributed by atoms with Crippen LogP contribution in [-0.2, 0) is 0 Å². The summed E-state index contributed by atoms with van der Waals surface area (Å²) in [6.07, 6.45) is 0. The lowest BCUT2D eigenvalue weighted by molar-refractivity contribution is -0.556. The maximum atomic E-state index is 7.97. The summed E-state index contributed by atoms with van der Waals surface area (Å²) in [6.45, 7) is 6.86. The van der Waals surface area contributed by atoms with Crippen LogP contribution in [0, 0.1) is 6.85 Å². The highest BCUT2D eigenvalue weighted by Crippen LogP contribution is 2.39. The SMILES string of the molecule is [2H]C([2H])([2H])c1ccc2ccc3cc4c(cc3c2c1)oc1c(-c2[nH]c3ccccc3[n+]2-c2c(C(C)C)cccc2C(C)C)cccc14. The van der Waals surface area contributed by atoms with Crippen molar-refractivity contribution in [3.63, 3.8) is 0 Å². The van der Waals surface area contributed by atoms with Gasteiger partial charge in [0.25, 0.3) is 5.82 Å². The van der Waals surface area contributed by atoms with E-state index in [9.17, 15) is 0 Å². The number of furan rings is 1. The zero-order chi connectivity index (χ0) is 31.9. The maximum absolute atomic E-state index is 7.97. The topological polar surface area (TPSA) is 32.8 Å². The van der Waals surface area contributed by atoms with E-state index in [4.69, 9.17) is 8.53 Å². The number of nitrogens with one attached hydrogen (secondary N) is 1. The van der Waals surface area contributed by atoms with Crippen molar-refractivity contribution in [2.45, 2.75) is 46.4 Å². The molecule has 0 aliphatic rings. The molecule has 0 spiro atoms. The van der Waals surface area contributed by atoms with Gasteiger partial charge in [-0.15, -0.1) is 0 Å². The fourth-order valence-corrected chi connectivity index (χ4v) is 6.80. The summed E-state index contributed by atoms with van der Waals surface area (Å²) in [6, 6.07) is 35.3. The summed E-state index contributed by atoms with van der Waals surface area (Å²) in [5, 5.41) is 6.00. The lowest BCUT2D eigenvalue weighted by Gasteiger charge is -2.18. The van der Waals surface area contributed by atoms with Crippen molar-refractivity contribution >= 4 is 54.5 Å². The largest absolute Gasteiger partial charge is 0.455 e. The van der Waals surface area contributed by atoms with Gasteiger partial charge in [0, 0.05) is 26.0 Å². The molecule has 2 heterocycles. The van der Waals surface area contributed by atoms with Crippen molar-refractivity contribution in [1.82, 2.24) is 4.98 Å². The lowest BCUT2D eigenvalue weighted by Crippen LogP contribution is -2.35. The maximum Gasteiger partial charge on any atom is 0.296 e. The monoisotopic (exact) mass is 562 g/mol. The summed E-state index contributed by atoms with van der Waals surface area (Å²) in [7, 11) is 0. The van der Waals surface area contributed by atoms with Crippen LogP contribution in [0.1, 0.15) is 60.3 Å². The Morgan fingerprint density at radius 3 is 2.19 bits per heavy atom. The minimum atomic E-state index is -2.17. The number of aryl methyl sites for hydroxylation is 1. The molecular formula is C40H35N2O+. The number of benzene rings is 6. The van der Waals surface area contributed by atoms with Gasteiger partial charge >= 0.3 is 0 Å². The molecule has 0 aliphatic carbocycles. The first kappa shape index (κ1) is 22.7. The van der Waals surface area contributed by atoms with Gasteiger partial charge in [0.1, 0.15) is 16.8 Å². The molecule has 6 aromatic carbocycles. The highest BCUT2D eigenvalue weighted by molar-refractivity contribution is 6.17. The van der Waals surface area contributed by atoms with Gasteiger partial charge in [0.15, 0.2) is 16.6 Å². The summed E-state index contributed by atoms with van der Waals surface area (Å²) < 4.78 is 33.1. The van der Waals surface area contributed by atoms with Crippen LogP contribution >= 0.6 is 0 Å². The van der Waals surface area contributed by atoms with E-state index < -0.39 is 6.85 Å². The van der Waals surface area contributed by atoms with Crippen molar-refractivity contribution < 1.29 is 13.1 Å². The van der Waals surface area contributed by atoms with E-state index in [0.29, 0.717) is 17.4 Å². The van der Waals surface area contributed by atoms with Crippen LogP contribution < -0.4 is 4.57 Å². The molecule has 0 aliphatic heterocycles. The van der Waals surface area contributed by atoms with Crippen molar-refractivity contribution in [1.29, 1.82) is 0 Å². The third-order valence-corrected chi connectivity index (χ3v) is 8.90. The number of nitrogens with zero attached hydrogens (tertiary/aromatic N) is 1. The molecule has 0 saturated carbocycles. The number of hydrogen-bond acceptors (Lipinski definition) is 1. The molecule has 0 radical (unpaired) electrons. The Morgan fingerprint density at radius 2 is 1.40 bits per heavy atom. The number of aromatic nitrogens is 2. The second kappa shape index (κ2) is 9.57. The molecule has 0 atom stereocenters. The number of fused-ring (bicyclic) bond motifs is 7. The van der Waals surface area contributed by atoms with E-state index in [0.717, 1.165) is 65.9 Å². The minimum Gasteiger partial charge on any atom is -0.455 e. The third kappa shape index (κ3) is 3.91. The number of rotatable bonds is 4. The number of hydrogen-bond donors (Lipinski definition) is 1. The van der Waals surface area contributed by atoms with Gasteiger partial charge in [-0.3, -0.25) is 0 Å². The van der Waals surface area contributed by atoms with E-state index in [2.05, 4.69) is 122 Å². The Morgan fingerprint density at radius 1 is 0.674 bits per heavy atom. The van der Waals surface area contributed by atoms with Crippen molar-refractivity contribution in [2.24, 2.45) is 0 Å². The average Bonchev–Trinajstić information content (AvgIpc) is 3.60. The van der Waals surface area contributed by atoms with Gasteiger partial charge in [-0.2, -0.15) is 4.57 Å². The van der Waals surface area contributed by atoms with Crippen LogP contribution in [0.25, 0.3) is 71.6 Å². The quantitative estimate of drug-likeness (QED) is 0.168. The average molecular weight is 563 g/mol. The summed E-state index contributed by atoms with van der Waals surface area (Å²) >= 11 is 0. The Labute approximate surface area is 255 Å². The Kier molecular flexibility index (Phi) is 5.05. The van der Waals surface area contributed by atoms with Gasteiger partial charge in [0.2, 0.25) is 0 Å². The molecule has 8 aromatic rings. The van der Waals surface area contributed by atoms with Crippen molar-refractivity contribution in [3.05, 3.63) is 120 Å². The van der Waals surface area contributed by atoms with Crippen LogP contribution in [0.5, 0.6) is 0 Å². The highest BCUT2D eigenvalue weighted by Gasteiger charge is 2.30. The normalized spacial score (nSPS) is 13.6. The highest BCUT2D eigenvalue weighted by atomic mass is 16.3. The fourth-order valence-electron chi connectivity index (χ4n) is 6.80. The van der Waals surface area contributed by atoms with Crippen LogP contribution in [0.2, 0.25) is 0 Å². The smallest absolute Gasteiger partial charge is 0.296 e. The number of H-pyrrole nitrogens is 1. The number of aromatic amines is 1. The van der Waals surface area contributed by atoms with E-state index in [1.54, 1.807) is 12.1 Å². The van der Waals surface area contributed by atoms with Crippen molar-refractivity contribution in [2.75, 3.05) is 0 Å². The van der Waals surface area contributed by atoms with Gasteiger partial charge < -0.3 is 4.42 Å². The number of imidazole rings is 1. The molecule has 0 fully saturated rings. The molecular weight excluding hydrogens is 524 g/mol. The zero-order valence-electron chi connectivity index (χ0n) is 27.8. The van der Waals surface area contributed by atoms with Gasteiger partial charge in [-0.1, -0.05) is 106 Å². The van der Waals surface area contributed by atoms with E-state index in [1.165, 1.54) is 16.8 Å². The van der Waals surface area contributed by atoms with E-state index in [-0.39, 0.29) is 0 Å². The molecule has 0 amide bonds. The fraction of sp³-hybridized carbons (Fsp3) is 0.175. The second-order valence-electron chi connectivity index (χ2n) is 12.3. The molecule has 0 saturated heterocycles. The predicted molar refractivity (Wildman–Crippen MR) is 180 cm³/mol. The lowest BCUT2D eigenvalue weighted by atomic mass is 9.92. The minimum absolute atomic E-state index is 0.331. The predicted octanol–water partition coefficient (Wildman–Crippen LogP) is 10.9. The Balaban J connectivity index is 1.44. The standard InChI is InChI=1S/C40H34N2O/c1-23(2)28-10-8-11-29(24(3)4)38(28)42-36-15-7-6-14-35(36)41-40(42)31-13-9-12-30-34-21-27-19-18-26-17-16-25(5)20-32(26)33(27)22-37(34)43-39(30)31/h6-24H,1-5H3/p+1/i5D3. The van der Waals surface area contributed by atoms with Crippen LogP contribution in [0.3, 0.4) is 0 Å². The van der Waals surface area contributed by atoms with Crippen LogP contribution in [-0.4, -0.2) is 4.98 Å². The molecule has 2 aromatic heterocycles. The molecule has 210 valence electrons. The van der Waals surface area contributed by atoms with Crippen LogP contribution in [0.15, 0.2) is 108 Å². The first-order chi connectivity index (χ1) is 22.1. The van der Waals surface area contributed by atoms with Gasteiger partial charge in [-0.05, 0) is 70.6 Å². The molecule has 43 heavy (non-hydrogen) atoms. The molecule has 1 N–H and O–H groups in total. The van der Waals surface area contributed by atoms with Gasteiger partial charge in [-0.25, -0.2) is 4.98 Å². The molecule has 8 rings (SSSR count). The van der Waals surface area contributed by atoms with Gasteiger partial charge in [0.05, 0.1) is 0 Å². The Hall–Kier alpha value is -4.89. The first-order valence-electron chi connectivity index (χ1n) is 16.6. The summed E-state index contributed by atoms with van der Waals surface area (Å²) in [5.41, 5.74) is 8.90. The molecule has 0 bridgehead atoms. The Bertz CT molecular complexity index is 2450. The van der Waals surface area contributed by atoms with Crippen LogP contribution in [0.4, 0.5) is 0 Å². The second-order valence-corrected chi connectivity index (χ2v) is 12.3. The van der Waals surface area contributed by atoms with E-state index >= 15 is 0 Å². The summed E-state index contributed by atoms with van der Waals surface area (Å²) in [5.74, 6) is 1.63. The molecule has 3 heteroatoms. The van der Waals surface area contributed by atoms with E-state index in [1.807, 2.05) is 6.07 Å². The summed E-state index contributed by atoms with van der Waals surface area (Å²) in [4.78, 5) is 3.77. The van der Waals surface area contributed by atoms with Crippen molar-refractivity contribution in [3.8, 4) is 17.1 Å². The molecule has 0 unspecified atom stereocenters. The third-order valence-electron chi connectivity index (χ3n) is 8.90.